The van der Waals surface area contributed by atoms with Gasteiger partial charge in [-0.2, -0.15) is 5.26 Å². The first-order valence-electron chi connectivity index (χ1n) is 10.2. The Balaban J connectivity index is 1.82. The highest BCUT2D eigenvalue weighted by atomic mass is 32.2. The zero-order valence-electron chi connectivity index (χ0n) is 17.5. The van der Waals surface area contributed by atoms with E-state index in [4.69, 9.17) is 16.9 Å². The first-order chi connectivity index (χ1) is 15.6. The average molecular weight is 464 g/mol. The van der Waals surface area contributed by atoms with Crippen molar-refractivity contribution in [2.75, 3.05) is 17.3 Å². The minimum Gasteiger partial charge on any atom is -0.494 e. The van der Waals surface area contributed by atoms with E-state index in [0.29, 0.717) is 45.8 Å². The number of hydrogen-bond acceptors (Lipinski definition) is 9. The number of carbonyl (C=O) groups is 1. The third-order valence-electron chi connectivity index (χ3n) is 5.30. The maximum Gasteiger partial charge on any atom is 0.219 e. The lowest BCUT2D eigenvalue weighted by Gasteiger charge is -2.38. The largest absolute Gasteiger partial charge is 0.494 e. The first kappa shape index (κ1) is 21.9. The number of allylic oxidation sites excluding steroid dienone is 3. The molecule has 2 aliphatic rings. The number of anilines is 1. The minimum atomic E-state index is -0.516. The van der Waals surface area contributed by atoms with Crippen molar-refractivity contribution in [2.45, 2.75) is 36.4 Å². The number of ketones is 1. The minimum absolute atomic E-state index is 0.0295. The molecular weight excluding hydrogens is 442 g/mol. The van der Waals surface area contributed by atoms with Crippen molar-refractivity contribution in [3.8, 4) is 24.2 Å². The Morgan fingerprint density at radius 1 is 1.34 bits per heavy atom. The van der Waals surface area contributed by atoms with Crippen LogP contribution in [0.3, 0.4) is 0 Å². The molecule has 0 bridgehead atoms. The van der Waals surface area contributed by atoms with Gasteiger partial charge in [-0.25, -0.2) is 0 Å². The van der Waals surface area contributed by atoms with Gasteiger partial charge in [-0.1, -0.05) is 41.2 Å². The van der Waals surface area contributed by atoms with Crippen molar-refractivity contribution in [3.05, 3.63) is 52.5 Å². The van der Waals surface area contributed by atoms with Crippen LogP contribution >= 0.6 is 23.1 Å². The molecule has 7 nitrogen and oxygen atoms in total. The summed E-state index contributed by atoms with van der Waals surface area (Å²) in [4.78, 5) is 14.9. The zero-order chi connectivity index (χ0) is 22.7. The number of rotatable bonds is 6. The molecule has 0 amide bonds. The molecule has 2 heterocycles. The van der Waals surface area contributed by atoms with E-state index in [9.17, 15) is 10.1 Å². The second kappa shape index (κ2) is 9.47. The van der Waals surface area contributed by atoms with E-state index in [1.165, 1.54) is 23.1 Å². The molecule has 9 heteroatoms. The fraction of sp³-hybridized carbons (Fsp3) is 0.304. The van der Waals surface area contributed by atoms with Crippen molar-refractivity contribution < 1.29 is 9.53 Å². The lowest BCUT2D eigenvalue weighted by molar-refractivity contribution is -0.116. The highest BCUT2D eigenvalue weighted by Crippen LogP contribution is 2.47. The molecule has 162 valence electrons. The summed E-state index contributed by atoms with van der Waals surface area (Å²) in [6, 6.07) is 9.74. The second-order valence-corrected chi connectivity index (χ2v) is 9.34. The van der Waals surface area contributed by atoms with E-state index < -0.39 is 5.92 Å². The van der Waals surface area contributed by atoms with E-state index in [1.807, 2.05) is 31.2 Å². The van der Waals surface area contributed by atoms with E-state index >= 15 is 0 Å². The van der Waals surface area contributed by atoms with E-state index in [0.717, 1.165) is 23.4 Å². The highest BCUT2D eigenvalue weighted by molar-refractivity contribution is 8.01. The molecule has 0 fully saturated rings. The Hall–Kier alpha value is -3.27. The molecule has 1 aliphatic heterocycles. The Bertz CT molecular complexity index is 1180. The molecule has 1 aromatic heterocycles. The predicted octanol–water partition coefficient (Wildman–Crippen LogP) is 3.97. The third-order valence-corrected chi connectivity index (χ3v) is 7.25. The average Bonchev–Trinajstić information content (AvgIpc) is 3.26. The molecule has 1 unspecified atom stereocenters. The lowest BCUT2D eigenvalue weighted by atomic mass is 9.76. The summed E-state index contributed by atoms with van der Waals surface area (Å²) < 4.78 is 6.25. The van der Waals surface area contributed by atoms with E-state index in [1.54, 1.807) is 4.90 Å². The number of Topliss-reactive ketones (excluding diaryl/α,β-unsaturated/α-hetero) is 1. The van der Waals surface area contributed by atoms with Crippen molar-refractivity contribution in [1.29, 1.82) is 5.26 Å². The summed E-state index contributed by atoms with van der Waals surface area (Å²) in [6.07, 6.45) is 7.17. The van der Waals surface area contributed by atoms with Gasteiger partial charge in [-0.15, -0.1) is 16.6 Å². The maximum atomic E-state index is 13.1. The van der Waals surface area contributed by atoms with Gasteiger partial charge in [0.15, 0.2) is 10.1 Å². The van der Waals surface area contributed by atoms with Crippen LogP contribution in [-0.2, 0) is 4.79 Å². The van der Waals surface area contributed by atoms with Crippen LogP contribution in [0.5, 0.6) is 5.75 Å². The van der Waals surface area contributed by atoms with Gasteiger partial charge in [0, 0.05) is 17.7 Å². The number of aromatic nitrogens is 2. The van der Waals surface area contributed by atoms with Gasteiger partial charge in [0.2, 0.25) is 5.13 Å². The van der Waals surface area contributed by atoms with Gasteiger partial charge in [-0.05, 0) is 37.5 Å². The monoisotopic (exact) mass is 463 g/mol. The van der Waals surface area contributed by atoms with Crippen molar-refractivity contribution in [3.63, 3.8) is 0 Å². The molecule has 0 saturated carbocycles. The van der Waals surface area contributed by atoms with E-state index in [-0.39, 0.29) is 11.6 Å². The molecule has 0 saturated heterocycles. The molecule has 1 atom stereocenters. The van der Waals surface area contributed by atoms with Crippen LogP contribution in [0, 0.1) is 23.7 Å². The van der Waals surface area contributed by atoms with Crippen molar-refractivity contribution in [1.82, 2.24) is 10.2 Å². The Labute approximate surface area is 195 Å². The summed E-state index contributed by atoms with van der Waals surface area (Å²) in [5.41, 5.74) is 9.11. The first-order valence-corrected chi connectivity index (χ1v) is 12.0. The number of carbonyl (C=O) groups excluding carboxylic acids is 1. The highest BCUT2D eigenvalue weighted by Gasteiger charge is 2.41. The number of ether oxygens (including phenoxy) is 1. The van der Waals surface area contributed by atoms with Crippen LogP contribution in [0.25, 0.3) is 0 Å². The van der Waals surface area contributed by atoms with Crippen LogP contribution < -0.4 is 15.4 Å². The Morgan fingerprint density at radius 3 is 2.81 bits per heavy atom. The van der Waals surface area contributed by atoms with Gasteiger partial charge in [0.1, 0.15) is 11.6 Å². The summed E-state index contributed by atoms with van der Waals surface area (Å²) in [5.74, 6) is 3.58. The third kappa shape index (κ3) is 3.97. The number of nitrogens with two attached hydrogens (primary N) is 1. The molecule has 32 heavy (non-hydrogen) atoms. The van der Waals surface area contributed by atoms with Gasteiger partial charge in [-0.3, -0.25) is 9.69 Å². The smallest absolute Gasteiger partial charge is 0.219 e. The number of hydrogen-bond donors (Lipinski definition) is 1. The Morgan fingerprint density at radius 2 is 2.12 bits per heavy atom. The normalized spacial score (nSPS) is 18.3. The van der Waals surface area contributed by atoms with Gasteiger partial charge in [0.05, 0.1) is 29.9 Å². The number of nitriles is 1. The van der Waals surface area contributed by atoms with Gasteiger partial charge in [0.25, 0.3) is 0 Å². The molecule has 1 aromatic carbocycles. The Kier molecular flexibility index (Phi) is 6.50. The zero-order valence-corrected chi connectivity index (χ0v) is 19.1. The van der Waals surface area contributed by atoms with Crippen molar-refractivity contribution in [2.24, 2.45) is 5.73 Å². The summed E-state index contributed by atoms with van der Waals surface area (Å²) in [6.45, 7) is 2.48. The van der Waals surface area contributed by atoms with Crippen LogP contribution in [-0.4, -0.2) is 28.3 Å². The molecule has 1 aliphatic carbocycles. The molecular formula is C23H21N5O2S2. The fourth-order valence-corrected chi connectivity index (χ4v) is 5.58. The lowest BCUT2D eigenvalue weighted by Crippen LogP contribution is -2.38. The van der Waals surface area contributed by atoms with Crippen LogP contribution in [0.1, 0.15) is 37.7 Å². The summed E-state index contributed by atoms with van der Waals surface area (Å²) in [7, 11) is 0. The molecule has 4 rings (SSSR count). The molecule has 0 spiro atoms. The van der Waals surface area contributed by atoms with Gasteiger partial charge < -0.3 is 10.5 Å². The van der Waals surface area contributed by atoms with Crippen LogP contribution in [0.2, 0.25) is 0 Å². The quantitative estimate of drug-likeness (QED) is 0.507. The van der Waals surface area contributed by atoms with Crippen LogP contribution in [0.4, 0.5) is 5.13 Å². The fourth-order valence-electron chi connectivity index (χ4n) is 4.02. The maximum absolute atomic E-state index is 13.1. The van der Waals surface area contributed by atoms with E-state index in [2.05, 4.69) is 22.2 Å². The molecule has 0 radical (unpaired) electrons. The number of terminal acetylenes is 1. The second-order valence-electron chi connectivity index (χ2n) is 7.16. The predicted molar refractivity (Wildman–Crippen MR) is 125 cm³/mol. The van der Waals surface area contributed by atoms with Crippen molar-refractivity contribution >= 4 is 34.0 Å². The topological polar surface area (TPSA) is 105 Å². The molecule has 2 N–H and O–H groups in total. The van der Waals surface area contributed by atoms with Crippen LogP contribution in [0.15, 0.2) is 51.3 Å². The van der Waals surface area contributed by atoms with Gasteiger partial charge >= 0.3 is 0 Å². The number of thioether (sulfide) groups is 1. The summed E-state index contributed by atoms with van der Waals surface area (Å²) in [5, 5.41) is 19.1. The summed E-state index contributed by atoms with van der Waals surface area (Å²) >= 11 is 2.75. The number of nitrogens with zero attached hydrogens (tertiary/aromatic N) is 4. The SMILES string of the molecule is C#CCSc1nnc(N2C(N)=C(C#N)C(c3ccc(OCC)cc3)C3=C2CCCC3=O)s1. The standard InChI is InChI=1S/C23H21N5O2S2/c1-3-12-31-23-27-26-22(32-23)28-17-6-5-7-18(29)20(17)19(16(13-24)21(28)25)14-8-10-15(11-9-14)30-4-2/h1,8-11,19H,4-7,12,25H2,2H3. The number of benzene rings is 1. The molecule has 2 aromatic rings.